The SMILES string of the molecule is c1ccc([C@H]2O[C@@H]2c2ccccn2)nc1. The summed E-state index contributed by atoms with van der Waals surface area (Å²) in [6.45, 7) is 0. The van der Waals surface area contributed by atoms with Gasteiger partial charge in [-0.25, -0.2) is 0 Å². The lowest BCUT2D eigenvalue weighted by atomic mass is 10.1. The van der Waals surface area contributed by atoms with Crippen LogP contribution >= 0.6 is 0 Å². The third kappa shape index (κ3) is 1.62. The lowest BCUT2D eigenvalue weighted by Gasteiger charge is -1.94. The summed E-state index contributed by atoms with van der Waals surface area (Å²) in [6, 6.07) is 11.7. The smallest absolute Gasteiger partial charge is 0.132 e. The first-order chi connectivity index (χ1) is 7.45. The van der Waals surface area contributed by atoms with Crippen LogP contribution in [0.4, 0.5) is 0 Å². The van der Waals surface area contributed by atoms with Crippen LogP contribution in [0.5, 0.6) is 0 Å². The molecule has 0 aromatic carbocycles. The van der Waals surface area contributed by atoms with Crippen LogP contribution in [0.2, 0.25) is 0 Å². The summed E-state index contributed by atoms with van der Waals surface area (Å²) in [6.07, 6.45) is 3.74. The summed E-state index contributed by atoms with van der Waals surface area (Å²) in [5, 5.41) is 0. The third-order valence-corrected chi connectivity index (χ3v) is 2.45. The zero-order valence-electron chi connectivity index (χ0n) is 8.08. The van der Waals surface area contributed by atoms with Crippen LogP contribution in [0.25, 0.3) is 0 Å². The molecule has 1 fully saturated rings. The van der Waals surface area contributed by atoms with Gasteiger partial charge in [0.05, 0.1) is 11.4 Å². The number of aromatic nitrogens is 2. The van der Waals surface area contributed by atoms with Gasteiger partial charge >= 0.3 is 0 Å². The van der Waals surface area contributed by atoms with E-state index >= 15 is 0 Å². The van der Waals surface area contributed by atoms with Crippen molar-refractivity contribution in [2.45, 2.75) is 12.2 Å². The predicted octanol–water partition coefficient (Wildman–Crippen LogP) is 2.29. The van der Waals surface area contributed by atoms with Gasteiger partial charge in [0.25, 0.3) is 0 Å². The number of ether oxygens (including phenoxy) is 1. The van der Waals surface area contributed by atoms with E-state index in [0.29, 0.717) is 0 Å². The Morgan fingerprint density at radius 1 is 0.800 bits per heavy atom. The largest absolute Gasteiger partial charge is 0.356 e. The van der Waals surface area contributed by atoms with Crippen molar-refractivity contribution in [3.63, 3.8) is 0 Å². The fourth-order valence-corrected chi connectivity index (χ4v) is 1.65. The Labute approximate surface area is 87.8 Å². The highest BCUT2D eigenvalue weighted by molar-refractivity contribution is 5.20. The average Bonchev–Trinajstić information content (AvgIpc) is 3.11. The standard InChI is InChI=1S/C12H10N2O/c1-3-7-13-9(5-1)11-12(15-11)10-6-2-4-8-14-10/h1-8,11-12H/t11-,12-/m1/s1. The quantitative estimate of drug-likeness (QED) is 0.695. The lowest BCUT2D eigenvalue weighted by molar-refractivity contribution is 0.372. The Balaban J connectivity index is 1.81. The first-order valence-corrected chi connectivity index (χ1v) is 4.92. The highest BCUT2D eigenvalue weighted by Gasteiger charge is 2.43. The van der Waals surface area contributed by atoms with Gasteiger partial charge in [0, 0.05) is 12.4 Å². The maximum atomic E-state index is 5.56. The van der Waals surface area contributed by atoms with Gasteiger partial charge in [0.1, 0.15) is 12.2 Å². The minimum atomic E-state index is 0.0844. The molecule has 0 N–H and O–H groups in total. The van der Waals surface area contributed by atoms with Crippen molar-refractivity contribution < 1.29 is 4.74 Å². The van der Waals surface area contributed by atoms with Crippen molar-refractivity contribution in [1.29, 1.82) is 0 Å². The van der Waals surface area contributed by atoms with Gasteiger partial charge in [-0.2, -0.15) is 0 Å². The summed E-state index contributed by atoms with van der Waals surface area (Å²) in [4.78, 5) is 8.53. The number of rotatable bonds is 2. The van der Waals surface area contributed by atoms with Crippen LogP contribution in [-0.2, 0) is 4.74 Å². The maximum Gasteiger partial charge on any atom is 0.132 e. The zero-order chi connectivity index (χ0) is 10.1. The highest BCUT2D eigenvalue weighted by Crippen LogP contribution is 2.49. The summed E-state index contributed by atoms with van der Waals surface area (Å²) in [5.41, 5.74) is 1.96. The molecule has 0 bridgehead atoms. The van der Waals surface area contributed by atoms with Gasteiger partial charge in [0.2, 0.25) is 0 Å². The molecule has 74 valence electrons. The second kappa shape index (κ2) is 3.44. The maximum absolute atomic E-state index is 5.56. The molecule has 3 heterocycles. The lowest BCUT2D eigenvalue weighted by Crippen LogP contribution is -1.89. The molecule has 3 rings (SSSR count). The molecule has 0 amide bonds. The number of hydrogen-bond acceptors (Lipinski definition) is 3. The third-order valence-electron chi connectivity index (χ3n) is 2.45. The fourth-order valence-electron chi connectivity index (χ4n) is 1.65. The van der Waals surface area contributed by atoms with Gasteiger partial charge in [0.15, 0.2) is 0 Å². The molecule has 15 heavy (non-hydrogen) atoms. The molecule has 1 saturated heterocycles. The van der Waals surface area contributed by atoms with Crippen LogP contribution < -0.4 is 0 Å². The van der Waals surface area contributed by atoms with Crippen LogP contribution in [0.1, 0.15) is 23.6 Å². The molecule has 3 nitrogen and oxygen atoms in total. The van der Waals surface area contributed by atoms with E-state index in [4.69, 9.17) is 4.74 Å². The van der Waals surface area contributed by atoms with Crippen molar-refractivity contribution in [3.05, 3.63) is 60.2 Å². The van der Waals surface area contributed by atoms with Crippen LogP contribution in [0.15, 0.2) is 48.8 Å². The Hall–Kier alpha value is -1.74. The van der Waals surface area contributed by atoms with Crippen molar-refractivity contribution in [2.24, 2.45) is 0 Å². The van der Waals surface area contributed by atoms with E-state index in [9.17, 15) is 0 Å². The number of nitrogens with zero attached hydrogens (tertiary/aromatic N) is 2. The fraction of sp³-hybridized carbons (Fsp3) is 0.167. The molecule has 2 aromatic heterocycles. The van der Waals surface area contributed by atoms with E-state index in [1.165, 1.54) is 0 Å². The van der Waals surface area contributed by atoms with Gasteiger partial charge in [-0.05, 0) is 24.3 Å². The summed E-state index contributed by atoms with van der Waals surface area (Å²) >= 11 is 0. The molecule has 0 unspecified atom stereocenters. The minimum absolute atomic E-state index is 0.0844. The second-order valence-electron chi connectivity index (χ2n) is 3.49. The van der Waals surface area contributed by atoms with Crippen molar-refractivity contribution >= 4 is 0 Å². The van der Waals surface area contributed by atoms with Gasteiger partial charge in [-0.3, -0.25) is 9.97 Å². The van der Waals surface area contributed by atoms with E-state index in [0.717, 1.165) is 11.4 Å². The topological polar surface area (TPSA) is 38.3 Å². The Bertz CT molecular complexity index is 400. The highest BCUT2D eigenvalue weighted by atomic mass is 16.6. The van der Waals surface area contributed by atoms with Crippen molar-refractivity contribution in [2.75, 3.05) is 0 Å². The monoisotopic (exact) mass is 198 g/mol. The van der Waals surface area contributed by atoms with Crippen LogP contribution in [-0.4, -0.2) is 9.97 Å². The molecule has 1 aliphatic rings. The van der Waals surface area contributed by atoms with Crippen molar-refractivity contribution in [3.8, 4) is 0 Å². The number of hydrogen-bond donors (Lipinski definition) is 0. The molecular formula is C12H10N2O. The van der Waals surface area contributed by atoms with E-state index in [-0.39, 0.29) is 12.2 Å². The molecule has 1 aliphatic heterocycles. The molecule has 0 spiro atoms. The summed E-state index contributed by atoms with van der Waals surface area (Å²) in [5.74, 6) is 0. The van der Waals surface area contributed by atoms with Gasteiger partial charge in [-0.1, -0.05) is 12.1 Å². The number of epoxide rings is 1. The second-order valence-corrected chi connectivity index (χ2v) is 3.49. The zero-order valence-corrected chi connectivity index (χ0v) is 8.08. The van der Waals surface area contributed by atoms with E-state index < -0.39 is 0 Å². The molecular weight excluding hydrogens is 188 g/mol. The van der Waals surface area contributed by atoms with Gasteiger partial charge in [-0.15, -0.1) is 0 Å². The van der Waals surface area contributed by atoms with Gasteiger partial charge < -0.3 is 4.74 Å². The Morgan fingerprint density at radius 2 is 1.33 bits per heavy atom. The predicted molar refractivity (Wildman–Crippen MR) is 55.0 cm³/mol. The molecule has 3 heteroatoms. The van der Waals surface area contributed by atoms with Crippen LogP contribution in [0.3, 0.4) is 0 Å². The van der Waals surface area contributed by atoms with Crippen LogP contribution in [0, 0.1) is 0 Å². The summed E-state index contributed by atoms with van der Waals surface area (Å²) in [7, 11) is 0. The minimum Gasteiger partial charge on any atom is -0.356 e. The van der Waals surface area contributed by atoms with E-state index in [1.54, 1.807) is 12.4 Å². The van der Waals surface area contributed by atoms with E-state index in [1.807, 2.05) is 36.4 Å². The molecule has 0 saturated carbocycles. The average molecular weight is 198 g/mol. The molecule has 2 aromatic rings. The number of pyridine rings is 2. The van der Waals surface area contributed by atoms with E-state index in [2.05, 4.69) is 9.97 Å². The molecule has 2 atom stereocenters. The normalized spacial score (nSPS) is 23.7. The first kappa shape index (κ1) is 8.56. The van der Waals surface area contributed by atoms with Crippen molar-refractivity contribution in [1.82, 2.24) is 9.97 Å². The molecule has 0 aliphatic carbocycles. The Kier molecular flexibility index (Phi) is 1.96. The first-order valence-electron chi connectivity index (χ1n) is 4.92. The molecule has 0 radical (unpaired) electrons. The summed E-state index contributed by atoms with van der Waals surface area (Å²) < 4.78 is 5.56. The Morgan fingerprint density at radius 3 is 1.73 bits per heavy atom.